The molecule has 1 aliphatic heterocycles. The predicted octanol–water partition coefficient (Wildman–Crippen LogP) is 2.05. The quantitative estimate of drug-likeness (QED) is 0.584. The number of hydrogen-bond acceptors (Lipinski definition) is 6. The molecule has 1 fully saturated rings. The third-order valence-electron chi connectivity index (χ3n) is 4.23. The van der Waals surface area contributed by atoms with Gasteiger partial charge in [0.05, 0.1) is 15.9 Å². The Morgan fingerprint density at radius 3 is 2.48 bits per heavy atom. The molecule has 2 N–H and O–H groups in total. The molecule has 140 valence electrons. The summed E-state index contributed by atoms with van der Waals surface area (Å²) in [5, 5.41) is 23.4. The summed E-state index contributed by atoms with van der Waals surface area (Å²) in [5.41, 5.74) is -0.134. The van der Waals surface area contributed by atoms with Gasteiger partial charge in [0.25, 0.3) is 5.69 Å². The Hall–Kier alpha value is -1.71. The Balaban J connectivity index is 2.34. The van der Waals surface area contributed by atoms with Crippen molar-refractivity contribution in [2.75, 3.05) is 25.0 Å². The highest BCUT2D eigenvalue weighted by molar-refractivity contribution is 7.89. The van der Waals surface area contributed by atoms with Crippen LogP contribution in [0.4, 0.5) is 11.4 Å². The summed E-state index contributed by atoms with van der Waals surface area (Å²) >= 11 is 0. The molecule has 1 heterocycles. The summed E-state index contributed by atoms with van der Waals surface area (Å²) in [6, 6.07) is 3.84. The number of rotatable bonds is 6. The van der Waals surface area contributed by atoms with E-state index in [9.17, 15) is 23.6 Å². The average Bonchev–Trinajstić information content (AvgIpc) is 2.51. The summed E-state index contributed by atoms with van der Waals surface area (Å²) in [6.45, 7) is 6.53. The van der Waals surface area contributed by atoms with Crippen LogP contribution >= 0.6 is 0 Å². The van der Waals surface area contributed by atoms with Crippen LogP contribution in [0.15, 0.2) is 23.1 Å². The summed E-state index contributed by atoms with van der Waals surface area (Å²) in [6.07, 6.45) is 0.285. The van der Waals surface area contributed by atoms with Gasteiger partial charge in [-0.1, -0.05) is 13.8 Å². The fourth-order valence-corrected chi connectivity index (χ4v) is 4.88. The number of aliphatic hydroxyl groups is 1. The number of nitrogens with zero attached hydrogens (tertiary/aromatic N) is 2. The van der Waals surface area contributed by atoms with Crippen molar-refractivity contribution in [3.8, 4) is 0 Å². The van der Waals surface area contributed by atoms with E-state index in [2.05, 4.69) is 5.32 Å². The lowest BCUT2D eigenvalue weighted by Gasteiger charge is -2.34. The molecule has 1 saturated heterocycles. The molecule has 8 nitrogen and oxygen atoms in total. The minimum Gasteiger partial charge on any atom is -0.392 e. The molecule has 0 amide bonds. The molecular formula is C16H25N3O5S. The zero-order valence-electron chi connectivity index (χ0n) is 14.7. The Morgan fingerprint density at radius 2 is 1.96 bits per heavy atom. The molecule has 0 bridgehead atoms. The molecule has 2 rings (SSSR count). The minimum atomic E-state index is -3.78. The van der Waals surface area contributed by atoms with Crippen LogP contribution in [0.5, 0.6) is 0 Å². The minimum absolute atomic E-state index is 0.0805. The Bertz CT molecular complexity index is 725. The average molecular weight is 371 g/mol. The zero-order valence-corrected chi connectivity index (χ0v) is 15.5. The molecular weight excluding hydrogens is 346 g/mol. The number of anilines is 1. The third kappa shape index (κ3) is 4.68. The van der Waals surface area contributed by atoms with Crippen molar-refractivity contribution in [3.05, 3.63) is 28.3 Å². The maximum absolute atomic E-state index is 12.9. The highest BCUT2D eigenvalue weighted by atomic mass is 32.2. The van der Waals surface area contributed by atoms with Gasteiger partial charge in [0.2, 0.25) is 10.0 Å². The van der Waals surface area contributed by atoms with Crippen LogP contribution in [0, 0.1) is 22.0 Å². The van der Waals surface area contributed by atoms with Gasteiger partial charge in [0, 0.05) is 25.7 Å². The van der Waals surface area contributed by atoms with Crippen molar-refractivity contribution in [1.29, 1.82) is 0 Å². The molecule has 0 aromatic heterocycles. The molecule has 25 heavy (non-hydrogen) atoms. The molecule has 3 atom stereocenters. The van der Waals surface area contributed by atoms with Crippen molar-refractivity contribution in [3.63, 3.8) is 0 Å². The van der Waals surface area contributed by atoms with Crippen molar-refractivity contribution in [2.24, 2.45) is 11.8 Å². The lowest BCUT2D eigenvalue weighted by Crippen LogP contribution is -2.42. The van der Waals surface area contributed by atoms with Gasteiger partial charge in [-0.25, -0.2) is 8.42 Å². The van der Waals surface area contributed by atoms with Gasteiger partial charge in [-0.2, -0.15) is 4.31 Å². The lowest BCUT2D eigenvalue weighted by molar-refractivity contribution is -0.384. The number of nitro groups is 1. The molecule has 9 heteroatoms. The molecule has 1 aromatic rings. The number of benzene rings is 1. The molecule has 3 unspecified atom stereocenters. The maximum atomic E-state index is 12.9. The number of sulfonamides is 1. The van der Waals surface area contributed by atoms with E-state index in [1.54, 1.807) is 6.92 Å². The monoisotopic (exact) mass is 371 g/mol. The fourth-order valence-electron chi connectivity index (χ4n) is 3.18. The zero-order chi connectivity index (χ0) is 18.8. The van der Waals surface area contributed by atoms with Gasteiger partial charge >= 0.3 is 0 Å². The second-order valence-electron chi connectivity index (χ2n) is 6.93. The van der Waals surface area contributed by atoms with Gasteiger partial charge in [-0.05, 0) is 37.3 Å². The van der Waals surface area contributed by atoms with Crippen LogP contribution in [0.25, 0.3) is 0 Å². The first-order chi connectivity index (χ1) is 11.6. The van der Waals surface area contributed by atoms with Crippen LogP contribution in [-0.2, 0) is 10.0 Å². The van der Waals surface area contributed by atoms with Gasteiger partial charge in [0.1, 0.15) is 5.69 Å². The molecule has 1 aliphatic rings. The standard InChI is InChI=1S/C16H25N3O5S/c1-11-6-12(2)10-18(9-11)25(23,24)14-4-5-15(17-8-13(3)20)16(7-14)19(21)22/h4-5,7,11-13,17,20H,6,8-10H2,1-3H3. The smallest absolute Gasteiger partial charge is 0.293 e. The molecule has 0 spiro atoms. The number of piperidine rings is 1. The van der Waals surface area contributed by atoms with Crippen LogP contribution in [0.1, 0.15) is 27.2 Å². The SMILES string of the molecule is CC(O)CNc1ccc(S(=O)(=O)N2CC(C)CC(C)C2)cc1[N+](=O)[O-]. The van der Waals surface area contributed by atoms with E-state index >= 15 is 0 Å². The molecule has 1 aromatic carbocycles. The normalized spacial score (nSPS) is 23.2. The fraction of sp³-hybridized carbons (Fsp3) is 0.625. The van der Waals surface area contributed by atoms with Crippen molar-refractivity contribution in [2.45, 2.75) is 38.2 Å². The second-order valence-corrected chi connectivity index (χ2v) is 8.87. The number of nitro benzene ring substituents is 1. The predicted molar refractivity (Wildman–Crippen MR) is 95.0 cm³/mol. The number of aliphatic hydroxyl groups excluding tert-OH is 1. The van der Waals surface area contributed by atoms with Gasteiger partial charge in [-0.3, -0.25) is 10.1 Å². The van der Waals surface area contributed by atoms with E-state index in [4.69, 9.17) is 0 Å². The summed E-state index contributed by atoms with van der Waals surface area (Å²) in [5.74, 6) is 0.501. The highest BCUT2D eigenvalue weighted by Gasteiger charge is 2.33. The van der Waals surface area contributed by atoms with E-state index in [-0.39, 0.29) is 34.7 Å². The first kappa shape index (κ1) is 19.6. The van der Waals surface area contributed by atoms with Gasteiger partial charge in [0.15, 0.2) is 0 Å². The van der Waals surface area contributed by atoms with Crippen LogP contribution in [0.2, 0.25) is 0 Å². The largest absolute Gasteiger partial charge is 0.392 e. The summed E-state index contributed by atoms with van der Waals surface area (Å²) < 4.78 is 27.2. The van der Waals surface area contributed by atoms with Crippen molar-refractivity contribution in [1.82, 2.24) is 4.31 Å². The van der Waals surface area contributed by atoms with Gasteiger partial charge in [-0.15, -0.1) is 0 Å². The summed E-state index contributed by atoms with van der Waals surface area (Å²) in [4.78, 5) is 10.6. The first-order valence-corrected chi connectivity index (χ1v) is 9.75. The van der Waals surface area contributed by atoms with Crippen LogP contribution in [0.3, 0.4) is 0 Å². The Morgan fingerprint density at radius 1 is 1.36 bits per heavy atom. The summed E-state index contributed by atoms with van der Waals surface area (Å²) in [7, 11) is -3.78. The Labute approximate surface area is 148 Å². The van der Waals surface area contributed by atoms with Crippen LogP contribution in [-0.4, -0.2) is 48.5 Å². The highest BCUT2D eigenvalue weighted by Crippen LogP contribution is 2.31. The number of hydrogen-bond donors (Lipinski definition) is 2. The van der Waals surface area contributed by atoms with E-state index < -0.39 is 21.1 Å². The van der Waals surface area contributed by atoms with Gasteiger partial charge < -0.3 is 10.4 Å². The maximum Gasteiger partial charge on any atom is 0.293 e. The number of nitrogens with one attached hydrogen (secondary N) is 1. The second kappa shape index (κ2) is 7.67. The van der Waals surface area contributed by atoms with E-state index in [0.29, 0.717) is 13.1 Å². The van der Waals surface area contributed by atoms with Crippen molar-refractivity contribution < 1.29 is 18.4 Å². The van der Waals surface area contributed by atoms with E-state index in [1.807, 2.05) is 13.8 Å². The van der Waals surface area contributed by atoms with Crippen LogP contribution < -0.4 is 5.32 Å². The first-order valence-electron chi connectivity index (χ1n) is 8.31. The topological polar surface area (TPSA) is 113 Å². The van der Waals surface area contributed by atoms with E-state index in [0.717, 1.165) is 12.5 Å². The molecule has 0 saturated carbocycles. The van der Waals surface area contributed by atoms with E-state index in [1.165, 1.54) is 16.4 Å². The lowest BCUT2D eigenvalue weighted by atomic mass is 9.94. The Kier molecular flexibility index (Phi) is 6.02. The van der Waals surface area contributed by atoms with Crippen molar-refractivity contribution >= 4 is 21.4 Å². The molecule has 0 radical (unpaired) electrons. The molecule has 0 aliphatic carbocycles. The third-order valence-corrected chi connectivity index (χ3v) is 6.05.